The number of aryl methyl sites for hydroxylation is 1. The number of aromatic nitrogens is 2. The van der Waals surface area contributed by atoms with Gasteiger partial charge in [0.1, 0.15) is 0 Å². The van der Waals surface area contributed by atoms with Gasteiger partial charge in [-0.3, -0.25) is 9.78 Å². The van der Waals surface area contributed by atoms with Crippen molar-refractivity contribution in [3.63, 3.8) is 0 Å². The zero-order chi connectivity index (χ0) is 10.7. The summed E-state index contributed by atoms with van der Waals surface area (Å²) in [7, 11) is 0. The maximum absolute atomic E-state index is 11.1. The number of nitrogens with zero attached hydrogens (tertiary/aromatic N) is 1. The Hall–Kier alpha value is -1.62. The van der Waals surface area contributed by atoms with Crippen LogP contribution in [0.4, 0.5) is 5.95 Å². The second-order valence-electron chi connectivity index (χ2n) is 3.17. The predicted octanol–water partition coefficient (Wildman–Crippen LogP) is 1.75. The number of nitrogens with one attached hydrogen (secondary N) is 2. The third-order valence-electron chi connectivity index (χ3n) is 1.88. The average molecular weight is 221 g/mol. The highest BCUT2D eigenvalue weighted by molar-refractivity contribution is 7.09. The van der Waals surface area contributed by atoms with Gasteiger partial charge in [0, 0.05) is 16.6 Å². The van der Waals surface area contributed by atoms with Crippen molar-refractivity contribution in [1.29, 1.82) is 0 Å². The molecule has 0 saturated carbocycles. The van der Waals surface area contributed by atoms with E-state index >= 15 is 0 Å². The standard InChI is InChI=1S/C10H11N3OS/c1-7-5-9(14)13-10(12-7)11-6-8-3-2-4-15-8/h2-5H,6H2,1H3,(H2,11,12,13,14). The van der Waals surface area contributed by atoms with E-state index < -0.39 is 0 Å². The summed E-state index contributed by atoms with van der Waals surface area (Å²) in [6.45, 7) is 2.48. The molecule has 0 aliphatic heterocycles. The fourth-order valence-corrected chi connectivity index (χ4v) is 1.89. The molecule has 0 radical (unpaired) electrons. The lowest BCUT2D eigenvalue weighted by atomic mass is 10.4. The van der Waals surface area contributed by atoms with Crippen molar-refractivity contribution in [3.05, 3.63) is 44.5 Å². The second-order valence-corrected chi connectivity index (χ2v) is 4.20. The van der Waals surface area contributed by atoms with Gasteiger partial charge in [-0.15, -0.1) is 11.3 Å². The van der Waals surface area contributed by atoms with Crippen LogP contribution in [0, 0.1) is 6.92 Å². The van der Waals surface area contributed by atoms with Gasteiger partial charge in [0.25, 0.3) is 5.56 Å². The number of H-pyrrole nitrogens is 1. The van der Waals surface area contributed by atoms with E-state index in [1.165, 1.54) is 10.9 Å². The Morgan fingerprint density at radius 2 is 2.47 bits per heavy atom. The topological polar surface area (TPSA) is 57.8 Å². The van der Waals surface area contributed by atoms with Crippen LogP contribution >= 0.6 is 11.3 Å². The van der Waals surface area contributed by atoms with Crippen LogP contribution in [0.2, 0.25) is 0 Å². The predicted molar refractivity (Wildman–Crippen MR) is 61.2 cm³/mol. The van der Waals surface area contributed by atoms with E-state index in [9.17, 15) is 4.79 Å². The first kappa shape index (κ1) is 9.92. The second kappa shape index (κ2) is 4.27. The highest BCUT2D eigenvalue weighted by Crippen LogP contribution is 2.09. The minimum atomic E-state index is -0.129. The molecule has 2 aromatic heterocycles. The molecule has 15 heavy (non-hydrogen) atoms. The molecule has 0 aliphatic carbocycles. The molecule has 2 N–H and O–H groups in total. The van der Waals surface area contributed by atoms with Gasteiger partial charge in [0.2, 0.25) is 5.95 Å². The third-order valence-corrected chi connectivity index (χ3v) is 2.76. The molecular formula is C10H11N3OS. The molecule has 0 aromatic carbocycles. The lowest BCUT2D eigenvalue weighted by Crippen LogP contribution is -2.12. The van der Waals surface area contributed by atoms with Crippen LogP contribution in [-0.2, 0) is 6.54 Å². The molecule has 0 fully saturated rings. The number of thiophene rings is 1. The van der Waals surface area contributed by atoms with Crippen LogP contribution < -0.4 is 10.9 Å². The molecule has 2 rings (SSSR count). The highest BCUT2D eigenvalue weighted by Gasteiger charge is 1.98. The lowest BCUT2D eigenvalue weighted by molar-refractivity contribution is 1.02. The molecule has 4 nitrogen and oxygen atoms in total. The van der Waals surface area contributed by atoms with Crippen molar-refractivity contribution in [2.45, 2.75) is 13.5 Å². The summed E-state index contributed by atoms with van der Waals surface area (Å²) in [6, 6.07) is 5.50. The molecule has 0 bridgehead atoms. The van der Waals surface area contributed by atoms with Crippen molar-refractivity contribution in [2.24, 2.45) is 0 Å². The fourth-order valence-electron chi connectivity index (χ4n) is 1.25. The van der Waals surface area contributed by atoms with Crippen molar-refractivity contribution in [2.75, 3.05) is 5.32 Å². The van der Waals surface area contributed by atoms with Crippen molar-refractivity contribution in [1.82, 2.24) is 9.97 Å². The molecule has 78 valence electrons. The summed E-state index contributed by atoms with van der Waals surface area (Å²) in [5.74, 6) is 0.522. The van der Waals surface area contributed by atoms with Gasteiger partial charge in [0.15, 0.2) is 0 Å². The van der Waals surface area contributed by atoms with Gasteiger partial charge in [-0.2, -0.15) is 0 Å². The SMILES string of the molecule is Cc1cc(=O)[nH]c(NCc2cccs2)n1. The number of aromatic amines is 1. The summed E-state index contributed by atoms with van der Waals surface area (Å²) < 4.78 is 0. The van der Waals surface area contributed by atoms with Crippen molar-refractivity contribution < 1.29 is 0 Å². The maximum Gasteiger partial charge on any atom is 0.252 e. The smallest absolute Gasteiger partial charge is 0.252 e. The van der Waals surface area contributed by atoms with Crippen LogP contribution in [0.1, 0.15) is 10.6 Å². The van der Waals surface area contributed by atoms with Crippen molar-refractivity contribution in [3.8, 4) is 0 Å². The summed E-state index contributed by atoms with van der Waals surface area (Å²) in [5.41, 5.74) is 0.587. The van der Waals surface area contributed by atoms with Gasteiger partial charge >= 0.3 is 0 Å². The molecule has 5 heteroatoms. The van der Waals surface area contributed by atoms with Crippen LogP contribution in [0.5, 0.6) is 0 Å². The Morgan fingerprint density at radius 3 is 3.13 bits per heavy atom. The van der Waals surface area contributed by atoms with Gasteiger partial charge in [-0.1, -0.05) is 6.07 Å². The van der Waals surface area contributed by atoms with E-state index in [-0.39, 0.29) is 5.56 Å². The molecule has 0 amide bonds. The first-order valence-electron chi connectivity index (χ1n) is 4.58. The number of anilines is 1. The normalized spacial score (nSPS) is 10.2. The summed E-state index contributed by atoms with van der Waals surface area (Å²) in [4.78, 5) is 19.2. The Balaban J connectivity index is 2.08. The molecular weight excluding hydrogens is 210 g/mol. The zero-order valence-corrected chi connectivity index (χ0v) is 9.10. The Labute approximate surface area is 91.0 Å². The maximum atomic E-state index is 11.1. The molecule has 2 aromatic rings. The summed E-state index contributed by atoms with van der Waals surface area (Å²) in [5, 5.41) is 5.09. The Kier molecular flexibility index (Phi) is 2.82. The Morgan fingerprint density at radius 1 is 1.60 bits per heavy atom. The zero-order valence-electron chi connectivity index (χ0n) is 8.28. The first-order chi connectivity index (χ1) is 7.24. The molecule has 0 aliphatic rings. The van der Waals surface area contributed by atoms with Gasteiger partial charge in [-0.05, 0) is 18.4 Å². The summed E-state index contributed by atoms with van der Waals surface area (Å²) in [6.07, 6.45) is 0. The van der Waals surface area contributed by atoms with Gasteiger partial charge in [-0.25, -0.2) is 4.98 Å². The highest BCUT2D eigenvalue weighted by atomic mass is 32.1. The van der Waals surface area contributed by atoms with Crippen LogP contribution in [0.15, 0.2) is 28.4 Å². The van der Waals surface area contributed by atoms with Gasteiger partial charge in [0.05, 0.1) is 6.54 Å². The molecule has 0 saturated heterocycles. The number of rotatable bonds is 3. The minimum Gasteiger partial charge on any atom is -0.351 e. The van der Waals surface area contributed by atoms with E-state index in [1.54, 1.807) is 18.3 Å². The van der Waals surface area contributed by atoms with E-state index in [0.29, 0.717) is 18.2 Å². The summed E-state index contributed by atoms with van der Waals surface area (Å²) >= 11 is 1.67. The number of hydrogen-bond acceptors (Lipinski definition) is 4. The Bertz CT molecular complexity index is 490. The van der Waals surface area contributed by atoms with Crippen molar-refractivity contribution >= 4 is 17.3 Å². The van der Waals surface area contributed by atoms with E-state index in [2.05, 4.69) is 15.3 Å². The van der Waals surface area contributed by atoms with E-state index in [4.69, 9.17) is 0 Å². The van der Waals surface area contributed by atoms with E-state index in [1.807, 2.05) is 17.5 Å². The first-order valence-corrected chi connectivity index (χ1v) is 5.46. The fraction of sp³-hybridized carbons (Fsp3) is 0.200. The van der Waals surface area contributed by atoms with E-state index in [0.717, 1.165) is 0 Å². The molecule has 0 spiro atoms. The third kappa shape index (κ3) is 2.66. The van der Waals surface area contributed by atoms with Crippen LogP contribution in [0.3, 0.4) is 0 Å². The van der Waals surface area contributed by atoms with Gasteiger partial charge < -0.3 is 5.32 Å². The quantitative estimate of drug-likeness (QED) is 0.830. The number of hydrogen-bond donors (Lipinski definition) is 2. The van der Waals surface area contributed by atoms with Crippen LogP contribution in [-0.4, -0.2) is 9.97 Å². The monoisotopic (exact) mass is 221 g/mol. The molecule has 0 atom stereocenters. The molecule has 2 heterocycles. The van der Waals surface area contributed by atoms with Crippen LogP contribution in [0.25, 0.3) is 0 Å². The lowest BCUT2D eigenvalue weighted by Gasteiger charge is -2.03. The average Bonchev–Trinajstić information content (AvgIpc) is 2.65. The minimum absolute atomic E-state index is 0.129. The molecule has 0 unspecified atom stereocenters. The largest absolute Gasteiger partial charge is 0.351 e.